The van der Waals surface area contributed by atoms with Crippen LogP contribution in [0.1, 0.15) is 16.8 Å². The molecule has 0 saturated carbocycles. The van der Waals surface area contributed by atoms with Crippen LogP contribution in [0.2, 0.25) is 0 Å². The van der Waals surface area contributed by atoms with Gasteiger partial charge in [0, 0.05) is 13.1 Å². The maximum absolute atomic E-state index is 13.6. The SMILES string of the molecule is Cl.O=C(c1cc(F)ccc1F)N1CCC2CNCC2C1. The van der Waals surface area contributed by atoms with Crippen molar-refractivity contribution in [1.82, 2.24) is 10.2 Å². The summed E-state index contributed by atoms with van der Waals surface area (Å²) in [7, 11) is 0. The maximum atomic E-state index is 13.6. The van der Waals surface area contributed by atoms with Gasteiger partial charge in [-0.05, 0) is 49.5 Å². The van der Waals surface area contributed by atoms with Crippen LogP contribution in [0.25, 0.3) is 0 Å². The Morgan fingerprint density at radius 3 is 2.80 bits per heavy atom. The number of halogens is 3. The molecule has 2 saturated heterocycles. The Kier molecular flexibility index (Phi) is 4.60. The highest BCUT2D eigenvalue weighted by Crippen LogP contribution is 2.27. The van der Waals surface area contributed by atoms with Gasteiger partial charge in [0.25, 0.3) is 5.91 Å². The van der Waals surface area contributed by atoms with Gasteiger partial charge in [-0.1, -0.05) is 0 Å². The lowest BCUT2D eigenvalue weighted by molar-refractivity contribution is 0.0637. The van der Waals surface area contributed by atoms with Crippen molar-refractivity contribution in [1.29, 1.82) is 0 Å². The molecule has 2 aliphatic heterocycles. The van der Waals surface area contributed by atoms with E-state index in [0.29, 0.717) is 24.9 Å². The lowest BCUT2D eigenvalue weighted by atomic mass is 9.88. The molecule has 3 nitrogen and oxygen atoms in total. The third-order valence-corrected chi connectivity index (χ3v) is 4.15. The molecule has 1 N–H and O–H groups in total. The average molecular weight is 303 g/mol. The molecule has 110 valence electrons. The summed E-state index contributed by atoms with van der Waals surface area (Å²) in [6.07, 6.45) is 0.931. The van der Waals surface area contributed by atoms with Crippen LogP contribution in [0, 0.1) is 23.5 Å². The van der Waals surface area contributed by atoms with E-state index in [1.165, 1.54) is 0 Å². The van der Waals surface area contributed by atoms with Crippen LogP contribution in [-0.2, 0) is 0 Å². The average Bonchev–Trinajstić information content (AvgIpc) is 2.88. The van der Waals surface area contributed by atoms with Gasteiger partial charge < -0.3 is 10.2 Å². The topological polar surface area (TPSA) is 32.3 Å². The zero-order valence-electron chi connectivity index (χ0n) is 10.9. The summed E-state index contributed by atoms with van der Waals surface area (Å²) < 4.78 is 26.8. The summed E-state index contributed by atoms with van der Waals surface area (Å²) in [6, 6.07) is 3.02. The zero-order valence-corrected chi connectivity index (χ0v) is 11.8. The van der Waals surface area contributed by atoms with Gasteiger partial charge in [0.2, 0.25) is 0 Å². The van der Waals surface area contributed by atoms with Crippen LogP contribution in [0.15, 0.2) is 18.2 Å². The highest BCUT2D eigenvalue weighted by atomic mass is 35.5. The molecule has 1 aromatic rings. The first kappa shape index (κ1) is 15.2. The fourth-order valence-electron chi connectivity index (χ4n) is 3.05. The summed E-state index contributed by atoms with van der Waals surface area (Å²) in [5.74, 6) is -0.585. The van der Waals surface area contributed by atoms with E-state index in [-0.39, 0.29) is 18.0 Å². The van der Waals surface area contributed by atoms with E-state index < -0.39 is 17.5 Å². The number of carbonyl (C=O) groups is 1. The van der Waals surface area contributed by atoms with Gasteiger partial charge >= 0.3 is 0 Å². The molecule has 0 spiro atoms. The van der Waals surface area contributed by atoms with E-state index in [0.717, 1.165) is 37.7 Å². The lowest BCUT2D eigenvalue weighted by Crippen LogP contribution is -2.43. The van der Waals surface area contributed by atoms with E-state index in [4.69, 9.17) is 0 Å². The molecule has 2 fully saturated rings. The smallest absolute Gasteiger partial charge is 0.256 e. The van der Waals surface area contributed by atoms with Crippen LogP contribution in [0.5, 0.6) is 0 Å². The molecule has 2 atom stereocenters. The lowest BCUT2D eigenvalue weighted by Gasteiger charge is -2.34. The second kappa shape index (κ2) is 6.06. The summed E-state index contributed by atoms with van der Waals surface area (Å²) in [4.78, 5) is 13.9. The highest BCUT2D eigenvalue weighted by Gasteiger charge is 2.35. The molecule has 0 bridgehead atoms. The van der Waals surface area contributed by atoms with E-state index in [9.17, 15) is 13.6 Å². The number of nitrogens with zero attached hydrogens (tertiary/aromatic N) is 1. The van der Waals surface area contributed by atoms with E-state index in [1.807, 2.05) is 0 Å². The normalized spacial score (nSPS) is 25.0. The van der Waals surface area contributed by atoms with Crippen LogP contribution in [0.4, 0.5) is 8.78 Å². The van der Waals surface area contributed by atoms with E-state index in [1.54, 1.807) is 4.90 Å². The molecule has 20 heavy (non-hydrogen) atoms. The standard InChI is InChI=1S/C14H16F2N2O.ClH/c15-11-1-2-13(16)12(5-11)14(19)18-4-3-9-6-17-7-10(9)8-18;/h1-2,5,9-10,17H,3-4,6-8H2;1H. The van der Waals surface area contributed by atoms with Crippen molar-refractivity contribution >= 4 is 18.3 Å². The summed E-state index contributed by atoms with van der Waals surface area (Å²) in [6.45, 7) is 3.16. The fraction of sp³-hybridized carbons (Fsp3) is 0.500. The number of fused-ring (bicyclic) bond motifs is 1. The Bertz CT molecular complexity index is 512. The molecule has 1 aromatic carbocycles. The van der Waals surface area contributed by atoms with Crippen molar-refractivity contribution < 1.29 is 13.6 Å². The summed E-state index contributed by atoms with van der Waals surface area (Å²) >= 11 is 0. The molecule has 2 unspecified atom stereocenters. The van der Waals surface area contributed by atoms with Crippen molar-refractivity contribution in [2.45, 2.75) is 6.42 Å². The molecule has 0 aromatic heterocycles. The third-order valence-electron chi connectivity index (χ3n) is 4.15. The number of likely N-dealkylation sites (tertiary alicyclic amines) is 1. The minimum atomic E-state index is -0.655. The fourth-order valence-corrected chi connectivity index (χ4v) is 3.05. The minimum absolute atomic E-state index is 0. The monoisotopic (exact) mass is 302 g/mol. The Hall–Kier alpha value is -1.20. The molecule has 1 amide bonds. The van der Waals surface area contributed by atoms with Crippen molar-refractivity contribution in [3.63, 3.8) is 0 Å². The third kappa shape index (κ3) is 2.79. The number of benzene rings is 1. The van der Waals surface area contributed by atoms with Crippen molar-refractivity contribution in [2.75, 3.05) is 26.2 Å². The predicted molar refractivity (Wildman–Crippen MR) is 74.0 cm³/mol. The van der Waals surface area contributed by atoms with Gasteiger partial charge in [0.1, 0.15) is 11.6 Å². The molecule has 2 heterocycles. The van der Waals surface area contributed by atoms with Crippen molar-refractivity contribution in [3.8, 4) is 0 Å². The van der Waals surface area contributed by atoms with Gasteiger partial charge in [0.15, 0.2) is 0 Å². The second-order valence-electron chi connectivity index (χ2n) is 5.34. The van der Waals surface area contributed by atoms with Crippen LogP contribution >= 0.6 is 12.4 Å². The number of hydrogen-bond acceptors (Lipinski definition) is 2. The van der Waals surface area contributed by atoms with Gasteiger partial charge in [-0.3, -0.25) is 4.79 Å². The number of carbonyl (C=O) groups excluding carboxylic acids is 1. The molecule has 0 aliphatic carbocycles. The van der Waals surface area contributed by atoms with Crippen LogP contribution in [0.3, 0.4) is 0 Å². The van der Waals surface area contributed by atoms with Gasteiger partial charge in [-0.2, -0.15) is 0 Å². The Morgan fingerprint density at radius 2 is 2.00 bits per heavy atom. The number of hydrogen-bond donors (Lipinski definition) is 1. The first-order valence-corrected chi connectivity index (χ1v) is 6.60. The maximum Gasteiger partial charge on any atom is 0.256 e. The largest absolute Gasteiger partial charge is 0.338 e. The van der Waals surface area contributed by atoms with E-state index in [2.05, 4.69) is 5.32 Å². The number of nitrogens with one attached hydrogen (secondary N) is 1. The quantitative estimate of drug-likeness (QED) is 0.861. The van der Waals surface area contributed by atoms with Crippen molar-refractivity contribution in [3.05, 3.63) is 35.4 Å². The molecule has 6 heteroatoms. The minimum Gasteiger partial charge on any atom is -0.338 e. The van der Waals surface area contributed by atoms with Crippen molar-refractivity contribution in [2.24, 2.45) is 11.8 Å². The molecule has 0 radical (unpaired) electrons. The first-order chi connectivity index (χ1) is 9.15. The van der Waals surface area contributed by atoms with Gasteiger partial charge in [-0.25, -0.2) is 8.78 Å². The zero-order chi connectivity index (χ0) is 13.4. The number of piperidine rings is 1. The Morgan fingerprint density at radius 1 is 1.25 bits per heavy atom. The highest BCUT2D eigenvalue weighted by molar-refractivity contribution is 5.94. The molecular weight excluding hydrogens is 286 g/mol. The number of rotatable bonds is 1. The predicted octanol–water partition coefficient (Wildman–Crippen LogP) is 2.07. The van der Waals surface area contributed by atoms with E-state index >= 15 is 0 Å². The second-order valence-corrected chi connectivity index (χ2v) is 5.34. The van der Waals surface area contributed by atoms with Crippen LogP contribution < -0.4 is 5.32 Å². The molecule has 2 aliphatic rings. The van der Waals surface area contributed by atoms with Gasteiger partial charge in [-0.15, -0.1) is 12.4 Å². The Balaban J connectivity index is 0.00000147. The van der Waals surface area contributed by atoms with Gasteiger partial charge in [0.05, 0.1) is 5.56 Å². The Labute approximate surface area is 122 Å². The number of amides is 1. The molecule has 3 rings (SSSR count). The summed E-state index contributed by atoms with van der Waals surface area (Å²) in [5.41, 5.74) is -0.163. The molecular formula is C14H17ClF2N2O. The first-order valence-electron chi connectivity index (χ1n) is 6.60. The van der Waals surface area contributed by atoms with Crippen LogP contribution in [-0.4, -0.2) is 37.0 Å². The summed E-state index contributed by atoms with van der Waals surface area (Å²) in [5, 5.41) is 3.31.